The molecule has 1 aromatic heterocycles. The molecule has 1 heterocycles. The molecular weight excluding hydrogens is 478 g/mol. The normalized spacial score (nSPS) is 12.3. The van der Waals surface area contributed by atoms with Gasteiger partial charge in [-0.3, -0.25) is 0 Å². The third-order valence-electron chi connectivity index (χ3n) is 7.10. The van der Waals surface area contributed by atoms with Gasteiger partial charge in [0.25, 0.3) is 0 Å². The van der Waals surface area contributed by atoms with Crippen LogP contribution in [0.25, 0.3) is 22.5 Å². The first-order valence-corrected chi connectivity index (χ1v) is 14.4. The van der Waals surface area contributed by atoms with Crippen LogP contribution >= 0.6 is 0 Å². The van der Waals surface area contributed by atoms with Gasteiger partial charge in [0.15, 0.2) is 0 Å². The van der Waals surface area contributed by atoms with Gasteiger partial charge in [-0.1, -0.05) is 65.2 Å². The number of unbranched alkanes of at least 4 members (excludes halogenated alkanes) is 8. The molecule has 38 heavy (non-hydrogen) atoms. The Hall–Kier alpha value is -2.63. The molecule has 0 fully saturated rings. The monoisotopic (exact) mass is 522 g/mol. The zero-order chi connectivity index (χ0) is 27.2. The lowest BCUT2D eigenvalue weighted by Crippen LogP contribution is -2.31. The van der Waals surface area contributed by atoms with E-state index in [1.54, 1.807) is 24.3 Å². The number of halogens is 2. The summed E-state index contributed by atoms with van der Waals surface area (Å²) < 4.78 is 27.1. The lowest BCUT2D eigenvalue weighted by Gasteiger charge is -2.26. The lowest BCUT2D eigenvalue weighted by molar-refractivity contribution is 0.110. The number of rotatable bonds is 17. The summed E-state index contributed by atoms with van der Waals surface area (Å²) in [6, 6.07) is 16.2. The van der Waals surface area contributed by atoms with Crippen LogP contribution in [0.3, 0.4) is 0 Å². The highest BCUT2D eigenvalue weighted by Crippen LogP contribution is 2.28. The minimum absolute atomic E-state index is 0.308. The molecule has 0 saturated carbocycles. The van der Waals surface area contributed by atoms with Crippen molar-refractivity contribution in [1.82, 2.24) is 9.88 Å². The minimum Gasteiger partial charge on any atom is -0.387 e. The molecule has 0 aliphatic heterocycles. The van der Waals surface area contributed by atoms with Crippen LogP contribution in [0, 0.1) is 11.6 Å². The van der Waals surface area contributed by atoms with Crippen molar-refractivity contribution in [2.24, 2.45) is 0 Å². The smallest absolute Gasteiger partial charge is 0.123 e. The Morgan fingerprint density at radius 2 is 1.08 bits per heavy atom. The Morgan fingerprint density at radius 3 is 1.50 bits per heavy atom. The van der Waals surface area contributed by atoms with Crippen LogP contribution < -0.4 is 0 Å². The fourth-order valence-electron chi connectivity index (χ4n) is 4.80. The van der Waals surface area contributed by atoms with Crippen molar-refractivity contribution < 1.29 is 13.9 Å². The minimum atomic E-state index is -0.692. The van der Waals surface area contributed by atoms with Crippen LogP contribution in [0.1, 0.15) is 89.7 Å². The Morgan fingerprint density at radius 1 is 0.658 bits per heavy atom. The summed E-state index contributed by atoms with van der Waals surface area (Å²) >= 11 is 0. The first-order chi connectivity index (χ1) is 18.5. The van der Waals surface area contributed by atoms with Gasteiger partial charge in [-0.05, 0) is 92.2 Å². The molecule has 1 unspecified atom stereocenters. The van der Waals surface area contributed by atoms with Crippen LogP contribution in [0.2, 0.25) is 0 Å². The molecule has 2 aromatic carbocycles. The van der Waals surface area contributed by atoms with Crippen molar-refractivity contribution in [1.29, 1.82) is 0 Å². The van der Waals surface area contributed by atoms with E-state index < -0.39 is 6.10 Å². The van der Waals surface area contributed by atoms with E-state index in [1.807, 2.05) is 12.1 Å². The summed E-state index contributed by atoms with van der Waals surface area (Å²) in [7, 11) is 0. The molecule has 0 bridgehead atoms. The maximum Gasteiger partial charge on any atom is 0.123 e. The summed E-state index contributed by atoms with van der Waals surface area (Å²) in [4.78, 5) is 7.18. The van der Waals surface area contributed by atoms with E-state index >= 15 is 0 Å². The molecule has 3 rings (SSSR count). The van der Waals surface area contributed by atoms with E-state index in [0.717, 1.165) is 42.6 Å². The molecule has 206 valence electrons. The fourth-order valence-corrected chi connectivity index (χ4v) is 4.80. The highest BCUT2D eigenvalue weighted by Gasteiger charge is 2.17. The number of pyridine rings is 1. The number of aliphatic hydroxyl groups is 1. The van der Waals surface area contributed by atoms with Gasteiger partial charge in [0.05, 0.1) is 17.5 Å². The third kappa shape index (κ3) is 9.92. The Kier molecular flexibility index (Phi) is 12.9. The Labute approximate surface area is 227 Å². The van der Waals surface area contributed by atoms with Crippen molar-refractivity contribution in [3.8, 4) is 22.5 Å². The quantitative estimate of drug-likeness (QED) is 0.180. The average Bonchev–Trinajstić information content (AvgIpc) is 2.93. The summed E-state index contributed by atoms with van der Waals surface area (Å²) in [5, 5.41) is 11.4. The number of nitrogens with zero attached hydrogens (tertiary/aromatic N) is 2. The molecule has 1 N–H and O–H groups in total. The summed E-state index contributed by atoms with van der Waals surface area (Å²) in [5.74, 6) is -0.616. The van der Waals surface area contributed by atoms with E-state index in [4.69, 9.17) is 4.98 Å². The molecule has 3 nitrogen and oxygen atoms in total. The first-order valence-electron chi connectivity index (χ1n) is 14.4. The molecule has 0 saturated heterocycles. The van der Waals surface area contributed by atoms with Gasteiger partial charge >= 0.3 is 0 Å². The highest BCUT2D eigenvalue weighted by molar-refractivity contribution is 5.67. The number of aliphatic hydroxyl groups excluding tert-OH is 1. The van der Waals surface area contributed by atoms with Crippen molar-refractivity contribution in [2.45, 2.75) is 84.2 Å². The number of hydrogen-bond acceptors (Lipinski definition) is 3. The van der Waals surface area contributed by atoms with Gasteiger partial charge in [-0.15, -0.1) is 0 Å². The zero-order valence-corrected chi connectivity index (χ0v) is 23.1. The van der Waals surface area contributed by atoms with E-state index in [2.05, 4.69) is 18.7 Å². The Balaban J connectivity index is 1.81. The molecule has 0 amide bonds. The van der Waals surface area contributed by atoms with Gasteiger partial charge in [0, 0.05) is 17.7 Å². The van der Waals surface area contributed by atoms with Gasteiger partial charge in [0.1, 0.15) is 11.6 Å². The second-order valence-electron chi connectivity index (χ2n) is 10.3. The van der Waals surface area contributed by atoms with Gasteiger partial charge in [-0.2, -0.15) is 0 Å². The van der Waals surface area contributed by atoms with Gasteiger partial charge in [0.2, 0.25) is 0 Å². The maximum absolute atomic E-state index is 13.6. The average molecular weight is 523 g/mol. The topological polar surface area (TPSA) is 36.4 Å². The largest absolute Gasteiger partial charge is 0.387 e. The molecule has 1 atom stereocenters. The molecule has 0 aliphatic rings. The maximum atomic E-state index is 13.6. The summed E-state index contributed by atoms with van der Waals surface area (Å²) in [6.07, 6.45) is 11.5. The molecule has 5 heteroatoms. The van der Waals surface area contributed by atoms with Gasteiger partial charge in [-0.25, -0.2) is 13.8 Å². The van der Waals surface area contributed by atoms with Crippen molar-refractivity contribution in [2.75, 3.05) is 19.6 Å². The first kappa shape index (κ1) is 29.9. The van der Waals surface area contributed by atoms with Crippen LogP contribution in [-0.4, -0.2) is 34.6 Å². The number of aromatic nitrogens is 1. The van der Waals surface area contributed by atoms with Crippen LogP contribution in [0.15, 0.2) is 60.7 Å². The standard InChI is InChI=1S/C33H44F2N2O/c1-3-5-7-9-11-21-37(22-12-10-8-6-4-2)25-33(38)28-23-31(26-13-17-29(34)18-14-26)36-32(24-28)27-15-19-30(35)20-16-27/h13-20,23-24,33,38H,3-12,21-22,25H2,1-2H3. The Bertz CT molecular complexity index is 992. The lowest BCUT2D eigenvalue weighted by atomic mass is 10.0. The molecular formula is C33H44F2N2O. The molecule has 3 aromatic rings. The van der Waals surface area contributed by atoms with E-state index in [0.29, 0.717) is 17.9 Å². The van der Waals surface area contributed by atoms with E-state index in [-0.39, 0.29) is 11.6 Å². The van der Waals surface area contributed by atoms with Crippen molar-refractivity contribution >= 4 is 0 Å². The molecule has 0 radical (unpaired) electrons. The zero-order valence-electron chi connectivity index (χ0n) is 23.1. The van der Waals surface area contributed by atoms with Crippen LogP contribution in [0.4, 0.5) is 8.78 Å². The van der Waals surface area contributed by atoms with E-state index in [1.165, 1.54) is 75.6 Å². The summed E-state index contributed by atoms with van der Waals surface area (Å²) in [6.45, 7) is 6.98. The van der Waals surface area contributed by atoms with Gasteiger partial charge < -0.3 is 10.0 Å². The van der Waals surface area contributed by atoms with Crippen molar-refractivity contribution in [3.63, 3.8) is 0 Å². The van der Waals surface area contributed by atoms with Crippen LogP contribution in [-0.2, 0) is 0 Å². The summed E-state index contributed by atoms with van der Waals surface area (Å²) in [5.41, 5.74) is 3.62. The SMILES string of the molecule is CCCCCCCN(CCCCCCC)CC(O)c1cc(-c2ccc(F)cc2)nc(-c2ccc(F)cc2)c1. The van der Waals surface area contributed by atoms with E-state index in [9.17, 15) is 13.9 Å². The highest BCUT2D eigenvalue weighted by atomic mass is 19.1. The second kappa shape index (κ2) is 16.4. The fraction of sp³-hybridized carbons (Fsp3) is 0.485. The molecule has 0 aliphatic carbocycles. The number of benzene rings is 2. The second-order valence-corrected chi connectivity index (χ2v) is 10.3. The molecule has 0 spiro atoms. The van der Waals surface area contributed by atoms with Crippen molar-refractivity contribution in [3.05, 3.63) is 77.9 Å². The predicted molar refractivity (Wildman–Crippen MR) is 154 cm³/mol. The predicted octanol–water partition coefficient (Wildman–Crippen LogP) is 8.97. The number of hydrogen-bond donors (Lipinski definition) is 1. The van der Waals surface area contributed by atoms with Crippen LogP contribution in [0.5, 0.6) is 0 Å². The third-order valence-corrected chi connectivity index (χ3v) is 7.10.